The molecule has 0 radical (unpaired) electrons. The molecule has 0 saturated carbocycles. The summed E-state index contributed by atoms with van der Waals surface area (Å²) >= 11 is 0. The van der Waals surface area contributed by atoms with Crippen LogP contribution in [0.2, 0.25) is 0 Å². The van der Waals surface area contributed by atoms with Crippen molar-refractivity contribution >= 4 is 0 Å². The van der Waals surface area contributed by atoms with Crippen LogP contribution < -0.4 is 5.32 Å². The Balaban J connectivity index is 2.56. The molecule has 1 aromatic rings. The number of nitrogens with one attached hydrogen (secondary N) is 1. The number of hydrogen-bond donors (Lipinski definition) is 1. The van der Waals surface area contributed by atoms with Crippen molar-refractivity contribution in [3.05, 3.63) is 35.9 Å². The summed E-state index contributed by atoms with van der Waals surface area (Å²) in [5.74, 6) is 0.753. The van der Waals surface area contributed by atoms with Gasteiger partial charge < -0.3 is 10.2 Å². The van der Waals surface area contributed by atoms with E-state index in [0.717, 1.165) is 19.0 Å². The second-order valence-electron chi connectivity index (χ2n) is 5.53. The summed E-state index contributed by atoms with van der Waals surface area (Å²) in [5.41, 5.74) is 1.38. The average molecular weight is 248 g/mol. The van der Waals surface area contributed by atoms with Gasteiger partial charge in [0.05, 0.1) is 0 Å². The van der Waals surface area contributed by atoms with E-state index in [4.69, 9.17) is 0 Å². The first kappa shape index (κ1) is 15.2. The van der Waals surface area contributed by atoms with Gasteiger partial charge in [-0.3, -0.25) is 0 Å². The monoisotopic (exact) mass is 248 g/mol. The van der Waals surface area contributed by atoms with E-state index in [-0.39, 0.29) is 0 Å². The highest BCUT2D eigenvalue weighted by atomic mass is 15.1. The number of hydrogen-bond acceptors (Lipinski definition) is 2. The number of benzene rings is 1. The highest BCUT2D eigenvalue weighted by Gasteiger charge is 2.12. The zero-order valence-corrected chi connectivity index (χ0v) is 12.3. The number of likely N-dealkylation sites (N-methyl/N-ethyl adjacent to an activating group) is 1. The van der Waals surface area contributed by atoms with E-state index < -0.39 is 0 Å². The zero-order chi connectivity index (χ0) is 13.4. The minimum absolute atomic E-state index is 0.431. The molecule has 0 heterocycles. The lowest BCUT2D eigenvalue weighted by Crippen LogP contribution is -2.33. The molecule has 0 aliphatic rings. The molecule has 1 rings (SSSR count). The Hall–Kier alpha value is -0.860. The van der Waals surface area contributed by atoms with E-state index in [1.807, 2.05) is 0 Å². The van der Waals surface area contributed by atoms with Gasteiger partial charge in [-0.1, -0.05) is 50.6 Å². The van der Waals surface area contributed by atoms with Crippen LogP contribution in [0.3, 0.4) is 0 Å². The van der Waals surface area contributed by atoms with Crippen molar-refractivity contribution in [1.29, 1.82) is 0 Å². The van der Waals surface area contributed by atoms with E-state index >= 15 is 0 Å². The molecule has 0 aliphatic heterocycles. The first-order valence-electron chi connectivity index (χ1n) is 7.06. The van der Waals surface area contributed by atoms with Crippen LogP contribution >= 0.6 is 0 Å². The molecule has 0 aliphatic carbocycles. The molecule has 0 amide bonds. The highest BCUT2D eigenvalue weighted by molar-refractivity contribution is 5.19. The fourth-order valence-electron chi connectivity index (χ4n) is 2.28. The summed E-state index contributed by atoms with van der Waals surface area (Å²) in [6, 6.07) is 11.2. The predicted octanol–water partition coefficient (Wildman–Crippen LogP) is 3.32. The van der Waals surface area contributed by atoms with Crippen LogP contribution in [0.15, 0.2) is 30.3 Å². The second kappa shape index (κ2) is 8.28. The van der Waals surface area contributed by atoms with E-state index in [2.05, 4.69) is 68.5 Å². The van der Waals surface area contributed by atoms with E-state index in [1.54, 1.807) is 0 Å². The van der Waals surface area contributed by atoms with Gasteiger partial charge in [-0.15, -0.1) is 0 Å². The summed E-state index contributed by atoms with van der Waals surface area (Å²) in [4.78, 5) is 2.25. The first-order chi connectivity index (χ1) is 8.63. The van der Waals surface area contributed by atoms with E-state index in [0.29, 0.717) is 6.04 Å². The van der Waals surface area contributed by atoms with Gasteiger partial charge in [-0.05, 0) is 38.5 Å². The normalized spacial score (nSPS) is 14.7. The van der Waals surface area contributed by atoms with Gasteiger partial charge >= 0.3 is 0 Å². The molecule has 2 nitrogen and oxygen atoms in total. The van der Waals surface area contributed by atoms with Gasteiger partial charge in [0.25, 0.3) is 0 Å². The highest BCUT2D eigenvalue weighted by Crippen LogP contribution is 2.14. The third-order valence-electron chi connectivity index (χ3n) is 3.24. The lowest BCUT2D eigenvalue weighted by atomic mass is 10.0. The Morgan fingerprint density at radius 2 is 1.83 bits per heavy atom. The quantitative estimate of drug-likeness (QED) is 0.759. The minimum atomic E-state index is 0.431. The molecule has 2 atom stereocenters. The third-order valence-corrected chi connectivity index (χ3v) is 3.24. The molecular weight excluding hydrogens is 220 g/mol. The molecule has 0 spiro atoms. The molecule has 0 bridgehead atoms. The largest absolute Gasteiger partial charge is 0.309 e. The first-order valence-corrected chi connectivity index (χ1v) is 7.06. The molecule has 1 N–H and O–H groups in total. The minimum Gasteiger partial charge on any atom is -0.309 e. The molecule has 102 valence electrons. The maximum absolute atomic E-state index is 3.71. The molecule has 18 heavy (non-hydrogen) atoms. The molecule has 0 fully saturated rings. The maximum Gasteiger partial charge on any atom is 0.0449 e. The van der Waals surface area contributed by atoms with Crippen LogP contribution in [0.25, 0.3) is 0 Å². The standard InChI is InChI=1S/C16H28N2/c1-5-9-14(2)12-17-16(13-18(3)4)15-10-7-6-8-11-15/h6-8,10-11,14,16-17H,5,9,12-13H2,1-4H3. The Labute approximate surface area is 112 Å². The maximum atomic E-state index is 3.71. The Bertz CT molecular complexity index is 308. The van der Waals surface area contributed by atoms with Crippen LogP contribution in [0.5, 0.6) is 0 Å². The topological polar surface area (TPSA) is 15.3 Å². The fourth-order valence-corrected chi connectivity index (χ4v) is 2.28. The van der Waals surface area contributed by atoms with Gasteiger partial charge in [0.2, 0.25) is 0 Å². The second-order valence-corrected chi connectivity index (χ2v) is 5.53. The Morgan fingerprint density at radius 3 is 2.39 bits per heavy atom. The lowest BCUT2D eigenvalue weighted by molar-refractivity contribution is 0.326. The van der Waals surface area contributed by atoms with Gasteiger partial charge in [0.1, 0.15) is 0 Å². The van der Waals surface area contributed by atoms with Crippen LogP contribution in [0.4, 0.5) is 0 Å². The van der Waals surface area contributed by atoms with Gasteiger partial charge in [0.15, 0.2) is 0 Å². The van der Waals surface area contributed by atoms with Crippen molar-refractivity contribution in [2.75, 3.05) is 27.2 Å². The number of rotatable bonds is 8. The van der Waals surface area contributed by atoms with Crippen LogP contribution in [0, 0.1) is 5.92 Å². The summed E-state index contributed by atoms with van der Waals surface area (Å²) in [7, 11) is 4.26. The summed E-state index contributed by atoms with van der Waals surface area (Å²) in [6.45, 7) is 6.73. The summed E-state index contributed by atoms with van der Waals surface area (Å²) in [6.07, 6.45) is 2.57. The third kappa shape index (κ3) is 5.65. The van der Waals surface area contributed by atoms with Crippen LogP contribution in [0.1, 0.15) is 38.3 Å². The Morgan fingerprint density at radius 1 is 1.17 bits per heavy atom. The smallest absolute Gasteiger partial charge is 0.0449 e. The van der Waals surface area contributed by atoms with Crippen molar-refractivity contribution in [2.24, 2.45) is 5.92 Å². The molecular formula is C16H28N2. The lowest BCUT2D eigenvalue weighted by Gasteiger charge is -2.24. The van der Waals surface area contributed by atoms with Gasteiger partial charge in [0, 0.05) is 12.6 Å². The van der Waals surface area contributed by atoms with E-state index in [1.165, 1.54) is 18.4 Å². The SMILES string of the molecule is CCCC(C)CNC(CN(C)C)c1ccccc1. The molecule has 0 aromatic heterocycles. The molecule has 2 unspecified atom stereocenters. The molecule has 0 saturated heterocycles. The predicted molar refractivity (Wildman–Crippen MR) is 79.8 cm³/mol. The summed E-state index contributed by atoms with van der Waals surface area (Å²) < 4.78 is 0. The summed E-state index contributed by atoms with van der Waals surface area (Å²) in [5, 5.41) is 3.71. The van der Waals surface area contributed by atoms with Gasteiger partial charge in [-0.2, -0.15) is 0 Å². The van der Waals surface area contributed by atoms with Crippen molar-refractivity contribution in [1.82, 2.24) is 10.2 Å². The van der Waals surface area contributed by atoms with Gasteiger partial charge in [-0.25, -0.2) is 0 Å². The molecule has 2 heteroatoms. The molecule has 1 aromatic carbocycles. The van der Waals surface area contributed by atoms with Crippen molar-refractivity contribution in [3.63, 3.8) is 0 Å². The van der Waals surface area contributed by atoms with Crippen LogP contribution in [-0.2, 0) is 0 Å². The Kier molecular flexibility index (Phi) is 6.99. The zero-order valence-electron chi connectivity index (χ0n) is 12.3. The van der Waals surface area contributed by atoms with Crippen molar-refractivity contribution < 1.29 is 0 Å². The van der Waals surface area contributed by atoms with Crippen molar-refractivity contribution in [3.8, 4) is 0 Å². The van der Waals surface area contributed by atoms with E-state index in [9.17, 15) is 0 Å². The number of nitrogens with zero attached hydrogens (tertiary/aromatic N) is 1. The van der Waals surface area contributed by atoms with Crippen molar-refractivity contribution in [2.45, 2.75) is 32.7 Å². The fraction of sp³-hybridized carbons (Fsp3) is 0.625. The average Bonchev–Trinajstić information content (AvgIpc) is 2.35. The van der Waals surface area contributed by atoms with Crippen LogP contribution in [-0.4, -0.2) is 32.1 Å².